The minimum Gasteiger partial charge on any atom is -0.496 e. The van der Waals surface area contributed by atoms with E-state index in [1.807, 2.05) is 0 Å². The maximum atomic E-state index is 13.6. The molecule has 11 heteroatoms. The summed E-state index contributed by atoms with van der Waals surface area (Å²) >= 11 is 0. The molecule has 2 aromatic rings. The normalized spacial score (nSPS) is 10.9. The summed E-state index contributed by atoms with van der Waals surface area (Å²) in [5.74, 6) is -4.36. The summed E-state index contributed by atoms with van der Waals surface area (Å²) in [5, 5.41) is 19.3. The van der Waals surface area contributed by atoms with Crippen LogP contribution >= 0.6 is 0 Å². The average molecular weight is 426 g/mol. The Kier molecular flexibility index (Phi) is 6.22. The average Bonchev–Trinajstić information content (AvgIpc) is 2.70. The number of hydrogen-bond donors (Lipinski definition) is 2. The Hall–Kier alpha value is -3.47. The molecule has 0 fully saturated rings. The molecule has 2 N–H and O–H groups in total. The van der Waals surface area contributed by atoms with Gasteiger partial charge in [0.1, 0.15) is 43.9 Å². The Morgan fingerprint density at radius 1 is 0.655 bits per heavy atom. The Labute approximate surface area is 166 Å². The highest BCUT2D eigenvalue weighted by molar-refractivity contribution is 7.92. The lowest BCUT2D eigenvalue weighted by molar-refractivity contribution is 0.0678. The van der Waals surface area contributed by atoms with Crippen LogP contribution in [0.25, 0.3) is 0 Å². The van der Waals surface area contributed by atoms with Gasteiger partial charge in [0.25, 0.3) is 0 Å². The zero-order chi connectivity index (χ0) is 21.9. The first kappa shape index (κ1) is 21.8. The molecule has 0 saturated heterocycles. The molecule has 0 spiro atoms. The highest BCUT2D eigenvalue weighted by atomic mass is 32.2. The van der Waals surface area contributed by atoms with Crippen LogP contribution in [-0.2, 0) is 9.84 Å². The topological polar surface area (TPSA) is 146 Å². The molecule has 2 rings (SSSR count). The third-order valence-electron chi connectivity index (χ3n) is 4.01. The number of aromatic carboxylic acids is 2. The molecule has 29 heavy (non-hydrogen) atoms. The quantitative estimate of drug-likeness (QED) is 0.642. The van der Waals surface area contributed by atoms with Gasteiger partial charge in [-0.1, -0.05) is 0 Å². The molecule has 2 aromatic carbocycles. The molecule has 0 radical (unpaired) electrons. The highest BCUT2D eigenvalue weighted by Crippen LogP contribution is 2.43. The van der Waals surface area contributed by atoms with Gasteiger partial charge in [0.05, 0.1) is 28.4 Å². The van der Waals surface area contributed by atoms with Crippen molar-refractivity contribution in [1.29, 1.82) is 0 Å². The van der Waals surface area contributed by atoms with Crippen LogP contribution in [0.2, 0.25) is 0 Å². The van der Waals surface area contributed by atoms with Gasteiger partial charge in [-0.05, 0) is 24.3 Å². The van der Waals surface area contributed by atoms with Gasteiger partial charge in [-0.3, -0.25) is 0 Å². The van der Waals surface area contributed by atoms with Crippen LogP contribution in [0.5, 0.6) is 23.0 Å². The number of ether oxygens (including phenoxy) is 4. The summed E-state index contributed by atoms with van der Waals surface area (Å²) in [5.41, 5.74) is -1.43. The lowest BCUT2D eigenvalue weighted by Crippen LogP contribution is -2.17. The third-order valence-corrected chi connectivity index (χ3v) is 5.90. The standard InChI is InChI=1S/C18H18O10S/c1-25-9-5-7-11(27-3)15(13(9)17(19)20)29(23,24)16-12(28-4)8-6-10(26-2)14(16)18(21)22/h5-8H,1-4H3,(H,19,20)(H,21,22). The Morgan fingerprint density at radius 2 is 0.931 bits per heavy atom. The van der Waals surface area contributed by atoms with Gasteiger partial charge >= 0.3 is 11.9 Å². The zero-order valence-corrected chi connectivity index (χ0v) is 16.7. The summed E-state index contributed by atoms with van der Waals surface area (Å²) < 4.78 is 47.2. The van der Waals surface area contributed by atoms with E-state index in [0.717, 1.165) is 14.2 Å². The minimum atomic E-state index is -4.81. The van der Waals surface area contributed by atoms with E-state index in [2.05, 4.69) is 0 Å². The number of rotatable bonds is 8. The van der Waals surface area contributed by atoms with Crippen molar-refractivity contribution < 1.29 is 47.2 Å². The number of hydrogen-bond acceptors (Lipinski definition) is 8. The molecular formula is C18H18O10S. The minimum absolute atomic E-state index is 0.254. The maximum Gasteiger partial charge on any atom is 0.340 e. The third kappa shape index (κ3) is 3.63. The predicted octanol–water partition coefficient (Wildman–Crippen LogP) is 1.95. The molecule has 0 saturated carbocycles. The van der Waals surface area contributed by atoms with Crippen LogP contribution in [-0.4, -0.2) is 59.0 Å². The molecule has 0 aliphatic carbocycles. The van der Waals surface area contributed by atoms with Crippen molar-refractivity contribution in [3.8, 4) is 23.0 Å². The number of carbonyl (C=O) groups is 2. The van der Waals surface area contributed by atoms with Gasteiger partial charge in [0, 0.05) is 0 Å². The highest BCUT2D eigenvalue weighted by Gasteiger charge is 2.38. The van der Waals surface area contributed by atoms with Gasteiger partial charge in [-0.15, -0.1) is 0 Å². The smallest absolute Gasteiger partial charge is 0.340 e. The first-order chi connectivity index (χ1) is 13.6. The van der Waals surface area contributed by atoms with Gasteiger partial charge in [-0.25, -0.2) is 18.0 Å². The van der Waals surface area contributed by atoms with E-state index in [4.69, 9.17) is 18.9 Å². The Morgan fingerprint density at radius 3 is 1.17 bits per heavy atom. The summed E-state index contributed by atoms with van der Waals surface area (Å²) in [6, 6.07) is 4.85. The second kappa shape index (κ2) is 8.27. The first-order valence-corrected chi connectivity index (χ1v) is 9.35. The van der Waals surface area contributed by atoms with E-state index < -0.39 is 42.7 Å². The molecule has 0 aliphatic heterocycles. The van der Waals surface area contributed by atoms with Crippen molar-refractivity contribution in [3.63, 3.8) is 0 Å². The van der Waals surface area contributed by atoms with Gasteiger partial charge in [0.2, 0.25) is 9.84 Å². The molecule has 156 valence electrons. The molecule has 0 amide bonds. The van der Waals surface area contributed by atoms with Crippen molar-refractivity contribution >= 4 is 21.8 Å². The number of carboxylic acid groups (broad SMARTS) is 2. The number of sulfone groups is 1. The lowest BCUT2D eigenvalue weighted by Gasteiger charge is -2.19. The first-order valence-electron chi connectivity index (χ1n) is 7.87. The van der Waals surface area contributed by atoms with E-state index >= 15 is 0 Å². The summed E-state index contributed by atoms with van der Waals surface area (Å²) in [6.07, 6.45) is 0. The van der Waals surface area contributed by atoms with Gasteiger partial charge in [-0.2, -0.15) is 0 Å². The van der Waals surface area contributed by atoms with Crippen LogP contribution in [0.3, 0.4) is 0 Å². The molecule has 0 unspecified atom stereocenters. The van der Waals surface area contributed by atoms with Crippen molar-refractivity contribution in [2.75, 3.05) is 28.4 Å². The summed E-state index contributed by atoms with van der Waals surface area (Å²) in [4.78, 5) is 22.2. The fourth-order valence-electron chi connectivity index (χ4n) is 2.79. The molecule has 0 bridgehead atoms. The lowest BCUT2D eigenvalue weighted by atomic mass is 10.2. The van der Waals surface area contributed by atoms with E-state index in [-0.39, 0.29) is 23.0 Å². The van der Waals surface area contributed by atoms with Crippen LogP contribution in [0.15, 0.2) is 34.1 Å². The molecule has 0 aromatic heterocycles. The monoisotopic (exact) mass is 426 g/mol. The van der Waals surface area contributed by atoms with Gasteiger partial charge < -0.3 is 29.2 Å². The Bertz CT molecular complexity index is 993. The van der Waals surface area contributed by atoms with Crippen LogP contribution in [0, 0.1) is 0 Å². The van der Waals surface area contributed by atoms with E-state index in [9.17, 15) is 28.2 Å². The van der Waals surface area contributed by atoms with Crippen LogP contribution < -0.4 is 18.9 Å². The predicted molar refractivity (Wildman–Crippen MR) is 98.5 cm³/mol. The molecule has 10 nitrogen and oxygen atoms in total. The van der Waals surface area contributed by atoms with Crippen molar-refractivity contribution in [1.82, 2.24) is 0 Å². The second-order valence-corrected chi connectivity index (χ2v) is 7.29. The van der Waals surface area contributed by atoms with E-state index in [0.29, 0.717) is 0 Å². The molecular weight excluding hydrogens is 408 g/mol. The Balaban J connectivity index is 3.10. The summed E-state index contributed by atoms with van der Waals surface area (Å²) in [6.45, 7) is 0. The second-order valence-electron chi connectivity index (χ2n) is 5.46. The zero-order valence-electron chi connectivity index (χ0n) is 15.9. The van der Waals surface area contributed by atoms with E-state index in [1.54, 1.807) is 0 Å². The summed E-state index contributed by atoms with van der Waals surface area (Å²) in [7, 11) is -0.188. The maximum absolute atomic E-state index is 13.6. The fourth-order valence-corrected chi connectivity index (χ4v) is 4.74. The SMILES string of the molecule is COc1ccc(OC)c(S(=O)(=O)c2c(OC)ccc(OC)c2C(=O)O)c1C(=O)O. The fraction of sp³-hybridized carbons (Fsp3) is 0.222. The number of methoxy groups -OCH3 is 4. The van der Waals surface area contributed by atoms with Crippen molar-refractivity contribution in [2.24, 2.45) is 0 Å². The number of benzene rings is 2. The van der Waals surface area contributed by atoms with Crippen molar-refractivity contribution in [2.45, 2.75) is 9.79 Å². The van der Waals surface area contributed by atoms with E-state index in [1.165, 1.54) is 38.5 Å². The van der Waals surface area contributed by atoms with Crippen LogP contribution in [0.4, 0.5) is 0 Å². The molecule has 0 heterocycles. The number of carboxylic acids is 2. The molecule has 0 aliphatic rings. The van der Waals surface area contributed by atoms with Gasteiger partial charge in [0.15, 0.2) is 0 Å². The molecule has 0 atom stereocenters. The van der Waals surface area contributed by atoms with Crippen molar-refractivity contribution in [3.05, 3.63) is 35.4 Å². The largest absolute Gasteiger partial charge is 0.496 e. The van der Waals surface area contributed by atoms with Crippen LogP contribution in [0.1, 0.15) is 20.7 Å².